The summed E-state index contributed by atoms with van der Waals surface area (Å²) in [5.74, 6) is 0. The number of fused-ring (bicyclic) bond motifs is 1. The van der Waals surface area contributed by atoms with Crippen LogP contribution in [0.15, 0.2) is 18.2 Å². The van der Waals surface area contributed by atoms with Gasteiger partial charge in [-0.05, 0) is 56.0 Å². The van der Waals surface area contributed by atoms with Gasteiger partial charge < -0.3 is 10.6 Å². The maximum atomic E-state index is 6.45. The number of hydrogen-bond donors (Lipinski definition) is 1. The van der Waals surface area contributed by atoms with E-state index in [4.69, 9.17) is 5.73 Å². The number of rotatable bonds is 3. The van der Waals surface area contributed by atoms with Crippen LogP contribution in [0, 0.1) is 0 Å². The Bertz CT molecular complexity index is 469. The highest BCUT2D eigenvalue weighted by Gasteiger charge is 2.30. The second-order valence-electron chi connectivity index (χ2n) is 6.35. The normalized spacial score (nSPS) is 26.9. The van der Waals surface area contributed by atoms with Gasteiger partial charge in [0.1, 0.15) is 0 Å². The molecule has 0 amide bonds. The fourth-order valence-corrected chi connectivity index (χ4v) is 3.86. The summed E-state index contributed by atoms with van der Waals surface area (Å²) in [4.78, 5) is 4.94. The Morgan fingerprint density at radius 2 is 2.15 bits per heavy atom. The first kappa shape index (κ1) is 13.9. The molecule has 2 atom stereocenters. The van der Waals surface area contributed by atoms with Crippen LogP contribution < -0.4 is 10.6 Å². The summed E-state index contributed by atoms with van der Waals surface area (Å²) in [6.45, 7) is 5.77. The van der Waals surface area contributed by atoms with Crippen molar-refractivity contribution in [1.29, 1.82) is 0 Å². The summed E-state index contributed by atoms with van der Waals surface area (Å²) in [5, 5.41) is 0. The van der Waals surface area contributed by atoms with Gasteiger partial charge in [-0.2, -0.15) is 0 Å². The van der Waals surface area contributed by atoms with Gasteiger partial charge in [-0.15, -0.1) is 0 Å². The number of likely N-dealkylation sites (N-methyl/N-ethyl adjacent to an activating group) is 1. The quantitative estimate of drug-likeness (QED) is 0.918. The molecule has 110 valence electrons. The second-order valence-corrected chi connectivity index (χ2v) is 6.35. The number of nitrogens with zero attached hydrogens (tertiary/aromatic N) is 2. The van der Waals surface area contributed by atoms with Crippen LogP contribution in [0.25, 0.3) is 0 Å². The zero-order valence-electron chi connectivity index (χ0n) is 12.8. The molecule has 0 spiro atoms. The van der Waals surface area contributed by atoms with Gasteiger partial charge >= 0.3 is 0 Å². The standard InChI is InChI=1S/C17H27N3/c1-3-9-20-10-4-5-15(18)17(20)14-6-7-16-13(12-14)8-11-19(16)2/h6-7,12,15,17H,3-5,8-11,18H2,1-2H3. The number of hydrogen-bond acceptors (Lipinski definition) is 3. The van der Waals surface area contributed by atoms with Crippen LogP contribution in [0.4, 0.5) is 5.69 Å². The predicted molar refractivity (Wildman–Crippen MR) is 85.2 cm³/mol. The lowest BCUT2D eigenvalue weighted by molar-refractivity contribution is 0.128. The summed E-state index contributed by atoms with van der Waals surface area (Å²) in [7, 11) is 2.18. The van der Waals surface area contributed by atoms with E-state index >= 15 is 0 Å². The molecule has 3 heteroatoms. The third-order valence-electron chi connectivity index (χ3n) is 4.87. The highest BCUT2D eigenvalue weighted by Crippen LogP contribution is 2.34. The van der Waals surface area contributed by atoms with Crippen molar-refractivity contribution >= 4 is 5.69 Å². The summed E-state index contributed by atoms with van der Waals surface area (Å²) in [5.41, 5.74) is 10.8. The summed E-state index contributed by atoms with van der Waals surface area (Å²) < 4.78 is 0. The van der Waals surface area contributed by atoms with Crippen molar-refractivity contribution in [3.8, 4) is 0 Å². The van der Waals surface area contributed by atoms with E-state index in [1.165, 1.54) is 42.6 Å². The van der Waals surface area contributed by atoms with E-state index in [1.807, 2.05) is 0 Å². The molecule has 2 N–H and O–H groups in total. The monoisotopic (exact) mass is 273 g/mol. The SMILES string of the molecule is CCCN1CCCC(N)C1c1ccc2c(c1)CCN2C. The third kappa shape index (κ3) is 2.45. The molecule has 2 aliphatic heterocycles. The number of benzene rings is 1. The van der Waals surface area contributed by atoms with E-state index in [-0.39, 0.29) is 6.04 Å². The van der Waals surface area contributed by atoms with Crippen molar-refractivity contribution in [2.75, 3.05) is 31.6 Å². The highest BCUT2D eigenvalue weighted by atomic mass is 15.2. The molecule has 3 rings (SSSR count). The van der Waals surface area contributed by atoms with Crippen LogP contribution in [0.5, 0.6) is 0 Å². The maximum absolute atomic E-state index is 6.45. The Hall–Kier alpha value is -1.06. The van der Waals surface area contributed by atoms with E-state index in [2.05, 4.69) is 42.0 Å². The molecule has 20 heavy (non-hydrogen) atoms. The fourth-order valence-electron chi connectivity index (χ4n) is 3.86. The van der Waals surface area contributed by atoms with Gasteiger partial charge in [0.25, 0.3) is 0 Å². The second kappa shape index (κ2) is 5.74. The van der Waals surface area contributed by atoms with Crippen molar-refractivity contribution in [2.45, 2.75) is 44.7 Å². The van der Waals surface area contributed by atoms with Gasteiger partial charge in [0.15, 0.2) is 0 Å². The summed E-state index contributed by atoms with van der Waals surface area (Å²) in [6, 6.07) is 7.71. The van der Waals surface area contributed by atoms with Crippen molar-refractivity contribution in [3.63, 3.8) is 0 Å². The molecule has 1 saturated heterocycles. The molecule has 1 aromatic rings. The minimum Gasteiger partial charge on any atom is -0.374 e. The van der Waals surface area contributed by atoms with Crippen LogP contribution in [0.1, 0.15) is 43.4 Å². The Labute approximate surface area is 122 Å². The molecule has 0 aliphatic carbocycles. The first-order chi connectivity index (χ1) is 9.70. The predicted octanol–water partition coefficient (Wildman–Crippen LogP) is 2.55. The van der Waals surface area contributed by atoms with Gasteiger partial charge in [-0.3, -0.25) is 4.90 Å². The maximum Gasteiger partial charge on any atom is 0.0499 e. The minimum atomic E-state index is 0.285. The smallest absolute Gasteiger partial charge is 0.0499 e. The Kier molecular flexibility index (Phi) is 3.99. The lowest BCUT2D eigenvalue weighted by Crippen LogP contribution is -2.46. The summed E-state index contributed by atoms with van der Waals surface area (Å²) in [6.07, 6.45) is 4.78. The lowest BCUT2D eigenvalue weighted by Gasteiger charge is -2.40. The van der Waals surface area contributed by atoms with Crippen molar-refractivity contribution in [2.24, 2.45) is 5.73 Å². The van der Waals surface area contributed by atoms with Gasteiger partial charge in [0.2, 0.25) is 0 Å². The Balaban J connectivity index is 1.89. The molecule has 2 heterocycles. The third-order valence-corrected chi connectivity index (χ3v) is 4.87. The lowest BCUT2D eigenvalue weighted by atomic mass is 9.89. The first-order valence-corrected chi connectivity index (χ1v) is 8.04. The average molecular weight is 273 g/mol. The molecule has 1 aromatic carbocycles. The Morgan fingerprint density at radius 1 is 1.30 bits per heavy atom. The van der Waals surface area contributed by atoms with Gasteiger partial charge in [0, 0.05) is 31.4 Å². The number of anilines is 1. The van der Waals surface area contributed by atoms with E-state index < -0.39 is 0 Å². The number of likely N-dealkylation sites (tertiary alicyclic amines) is 1. The van der Waals surface area contributed by atoms with E-state index in [0.717, 1.165) is 19.5 Å². The number of piperidine rings is 1. The molecule has 2 aliphatic rings. The Morgan fingerprint density at radius 3 is 2.95 bits per heavy atom. The first-order valence-electron chi connectivity index (χ1n) is 8.04. The molecular weight excluding hydrogens is 246 g/mol. The minimum absolute atomic E-state index is 0.285. The van der Waals surface area contributed by atoms with Crippen LogP contribution >= 0.6 is 0 Å². The van der Waals surface area contributed by atoms with Gasteiger partial charge in [0.05, 0.1) is 0 Å². The summed E-state index contributed by atoms with van der Waals surface area (Å²) >= 11 is 0. The van der Waals surface area contributed by atoms with Crippen LogP contribution in [-0.4, -0.2) is 37.6 Å². The molecule has 2 unspecified atom stereocenters. The fraction of sp³-hybridized carbons (Fsp3) is 0.647. The molecular formula is C17H27N3. The molecule has 0 bridgehead atoms. The molecule has 0 aromatic heterocycles. The van der Waals surface area contributed by atoms with Crippen LogP contribution in [0.2, 0.25) is 0 Å². The van der Waals surface area contributed by atoms with Crippen LogP contribution in [-0.2, 0) is 6.42 Å². The highest BCUT2D eigenvalue weighted by molar-refractivity contribution is 5.58. The van der Waals surface area contributed by atoms with Crippen molar-refractivity contribution < 1.29 is 0 Å². The molecule has 0 radical (unpaired) electrons. The van der Waals surface area contributed by atoms with Gasteiger partial charge in [-0.1, -0.05) is 19.1 Å². The van der Waals surface area contributed by atoms with Crippen LogP contribution in [0.3, 0.4) is 0 Å². The molecule has 0 saturated carbocycles. The largest absolute Gasteiger partial charge is 0.374 e. The molecule has 1 fully saturated rings. The van der Waals surface area contributed by atoms with Gasteiger partial charge in [-0.25, -0.2) is 0 Å². The van der Waals surface area contributed by atoms with Crippen molar-refractivity contribution in [1.82, 2.24) is 4.90 Å². The zero-order valence-corrected chi connectivity index (χ0v) is 12.8. The van der Waals surface area contributed by atoms with Crippen molar-refractivity contribution in [3.05, 3.63) is 29.3 Å². The van der Waals surface area contributed by atoms with E-state index in [1.54, 1.807) is 0 Å². The zero-order chi connectivity index (χ0) is 14.1. The van der Waals surface area contributed by atoms with E-state index in [9.17, 15) is 0 Å². The molecule has 3 nitrogen and oxygen atoms in total. The topological polar surface area (TPSA) is 32.5 Å². The van der Waals surface area contributed by atoms with E-state index in [0.29, 0.717) is 6.04 Å². The number of nitrogens with two attached hydrogens (primary N) is 1. The average Bonchev–Trinajstić information content (AvgIpc) is 2.80.